The zero-order valence-corrected chi connectivity index (χ0v) is 13.0. The van der Waals surface area contributed by atoms with E-state index in [0.717, 1.165) is 31.5 Å². The number of aliphatic hydroxyl groups is 1. The summed E-state index contributed by atoms with van der Waals surface area (Å²) in [6.45, 7) is 1.48. The molecule has 21 heavy (non-hydrogen) atoms. The molecule has 2 N–H and O–H groups in total. The zero-order chi connectivity index (χ0) is 15.4. The summed E-state index contributed by atoms with van der Waals surface area (Å²) in [5, 5.41) is 23.7. The SMILES string of the molecule is O=[N+]([O-])c1cc(Br)c(F)cc1N(CCO)CC1CCCN1. The van der Waals surface area contributed by atoms with Gasteiger partial charge in [0, 0.05) is 31.3 Å². The number of benzene rings is 1. The van der Waals surface area contributed by atoms with Crippen LogP contribution < -0.4 is 10.2 Å². The third kappa shape index (κ3) is 3.90. The van der Waals surface area contributed by atoms with Crippen molar-refractivity contribution in [1.82, 2.24) is 5.32 Å². The second-order valence-electron chi connectivity index (χ2n) is 4.98. The Kier molecular flexibility index (Phi) is 5.49. The molecule has 0 aliphatic carbocycles. The van der Waals surface area contributed by atoms with Crippen molar-refractivity contribution >= 4 is 27.3 Å². The van der Waals surface area contributed by atoms with Crippen LogP contribution in [0.25, 0.3) is 0 Å². The van der Waals surface area contributed by atoms with Crippen molar-refractivity contribution in [2.75, 3.05) is 31.1 Å². The number of hydrogen-bond donors (Lipinski definition) is 2. The molecule has 0 amide bonds. The van der Waals surface area contributed by atoms with Gasteiger partial charge in [-0.3, -0.25) is 10.1 Å². The highest BCUT2D eigenvalue weighted by Crippen LogP contribution is 2.33. The van der Waals surface area contributed by atoms with Crippen LogP contribution in [0.2, 0.25) is 0 Å². The molecular formula is C13H17BrFN3O3. The lowest BCUT2D eigenvalue weighted by molar-refractivity contribution is -0.384. The van der Waals surface area contributed by atoms with Crippen molar-refractivity contribution in [2.24, 2.45) is 0 Å². The van der Waals surface area contributed by atoms with E-state index in [4.69, 9.17) is 0 Å². The summed E-state index contributed by atoms with van der Waals surface area (Å²) in [7, 11) is 0. The fourth-order valence-electron chi connectivity index (χ4n) is 2.53. The average molecular weight is 362 g/mol. The van der Waals surface area contributed by atoms with E-state index in [1.54, 1.807) is 4.90 Å². The molecule has 1 aliphatic rings. The summed E-state index contributed by atoms with van der Waals surface area (Å²) in [4.78, 5) is 12.3. The molecular weight excluding hydrogens is 345 g/mol. The number of anilines is 1. The van der Waals surface area contributed by atoms with Gasteiger partial charge in [-0.1, -0.05) is 0 Å². The van der Waals surface area contributed by atoms with Gasteiger partial charge in [0.05, 0.1) is 16.0 Å². The van der Waals surface area contributed by atoms with Gasteiger partial charge in [-0.05, 0) is 35.3 Å². The quantitative estimate of drug-likeness (QED) is 0.598. The highest BCUT2D eigenvalue weighted by Gasteiger charge is 2.25. The molecule has 1 heterocycles. The Balaban J connectivity index is 2.33. The first-order valence-corrected chi connectivity index (χ1v) is 7.55. The summed E-state index contributed by atoms with van der Waals surface area (Å²) in [5.74, 6) is -0.557. The highest BCUT2D eigenvalue weighted by atomic mass is 79.9. The first-order valence-electron chi connectivity index (χ1n) is 6.75. The van der Waals surface area contributed by atoms with E-state index in [9.17, 15) is 19.6 Å². The standard InChI is InChI=1S/C13H17BrFN3O3/c14-10-6-13(18(20)21)12(7-11(10)15)17(4-5-19)8-9-2-1-3-16-9/h6-7,9,16,19H,1-5,8H2. The zero-order valence-electron chi connectivity index (χ0n) is 11.4. The Morgan fingerprint density at radius 3 is 2.90 bits per heavy atom. The number of rotatable bonds is 6. The lowest BCUT2D eigenvalue weighted by Gasteiger charge is -2.27. The van der Waals surface area contributed by atoms with Crippen molar-refractivity contribution < 1.29 is 14.4 Å². The maximum atomic E-state index is 13.8. The molecule has 8 heteroatoms. The molecule has 1 aromatic rings. The number of nitrogens with zero attached hydrogens (tertiary/aromatic N) is 2. The topological polar surface area (TPSA) is 78.6 Å². The molecule has 0 bridgehead atoms. The second-order valence-corrected chi connectivity index (χ2v) is 5.83. The predicted octanol–water partition coefficient (Wildman–Crippen LogP) is 2.05. The first kappa shape index (κ1) is 16.1. The van der Waals surface area contributed by atoms with Gasteiger partial charge in [-0.25, -0.2) is 4.39 Å². The first-order chi connectivity index (χ1) is 10.0. The number of halogens is 2. The molecule has 1 aromatic carbocycles. The maximum Gasteiger partial charge on any atom is 0.293 e. The molecule has 1 fully saturated rings. The van der Waals surface area contributed by atoms with E-state index in [0.29, 0.717) is 6.54 Å². The number of nitro benzene ring substituents is 1. The predicted molar refractivity (Wildman–Crippen MR) is 81.1 cm³/mol. The summed E-state index contributed by atoms with van der Waals surface area (Å²) < 4.78 is 13.8. The van der Waals surface area contributed by atoms with Crippen molar-refractivity contribution in [1.29, 1.82) is 0 Å². The minimum absolute atomic E-state index is 0.0564. The van der Waals surface area contributed by atoms with E-state index in [-0.39, 0.29) is 35.0 Å². The average Bonchev–Trinajstić information content (AvgIpc) is 2.93. The smallest absolute Gasteiger partial charge is 0.293 e. The van der Waals surface area contributed by atoms with Gasteiger partial charge in [-0.15, -0.1) is 0 Å². The number of aliphatic hydroxyl groups excluding tert-OH is 1. The van der Waals surface area contributed by atoms with Crippen LogP contribution in [0.3, 0.4) is 0 Å². The molecule has 1 unspecified atom stereocenters. The molecule has 116 valence electrons. The van der Waals surface area contributed by atoms with Gasteiger partial charge in [0.1, 0.15) is 11.5 Å². The van der Waals surface area contributed by atoms with E-state index >= 15 is 0 Å². The van der Waals surface area contributed by atoms with Gasteiger partial charge >= 0.3 is 0 Å². The molecule has 6 nitrogen and oxygen atoms in total. The fourth-order valence-corrected chi connectivity index (χ4v) is 2.87. The van der Waals surface area contributed by atoms with E-state index in [2.05, 4.69) is 21.2 Å². The minimum Gasteiger partial charge on any atom is -0.395 e. The molecule has 0 spiro atoms. The lowest BCUT2D eigenvalue weighted by atomic mass is 10.1. The lowest BCUT2D eigenvalue weighted by Crippen LogP contribution is -2.39. The minimum atomic E-state index is -0.557. The Hall–Kier alpha value is -1.25. The molecule has 1 aliphatic heterocycles. The van der Waals surface area contributed by atoms with Gasteiger partial charge in [-0.2, -0.15) is 0 Å². The van der Waals surface area contributed by atoms with Crippen molar-refractivity contribution in [2.45, 2.75) is 18.9 Å². The van der Waals surface area contributed by atoms with Crippen molar-refractivity contribution in [3.8, 4) is 0 Å². The Morgan fingerprint density at radius 2 is 2.33 bits per heavy atom. The Morgan fingerprint density at radius 1 is 1.57 bits per heavy atom. The Labute approximate surface area is 130 Å². The Bertz CT molecular complexity index is 524. The van der Waals surface area contributed by atoms with Crippen LogP contribution in [-0.4, -0.2) is 42.3 Å². The molecule has 1 saturated heterocycles. The third-order valence-electron chi connectivity index (χ3n) is 3.53. The second kappa shape index (κ2) is 7.15. The molecule has 1 atom stereocenters. The molecule has 0 aromatic heterocycles. The van der Waals surface area contributed by atoms with Crippen LogP contribution in [0, 0.1) is 15.9 Å². The fraction of sp³-hybridized carbons (Fsp3) is 0.538. The van der Waals surface area contributed by atoms with E-state index in [1.807, 2.05) is 0 Å². The molecule has 0 saturated carbocycles. The van der Waals surface area contributed by atoms with Crippen LogP contribution in [-0.2, 0) is 0 Å². The third-order valence-corrected chi connectivity index (χ3v) is 4.14. The van der Waals surface area contributed by atoms with Crippen molar-refractivity contribution in [3.63, 3.8) is 0 Å². The van der Waals surface area contributed by atoms with E-state index < -0.39 is 10.7 Å². The van der Waals surface area contributed by atoms with Crippen LogP contribution >= 0.6 is 15.9 Å². The van der Waals surface area contributed by atoms with Gasteiger partial charge in [0.2, 0.25) is 0 Å². The van der Waals surface area contributed by atoms with Gasteiger partial charge in [0.15, 0.2) is 0 Å². The summed E-state index contributed by atoms with van der Waals surface area (Å²) in [5.41, 5.74) is 0.0261. The number of nitro groups is 1. The normalized spacial score (nSPS) is 18.0. The number of hydrogen-bond acceptors (Lipinski definition) is 5. The van der Waals surface area contributed by atoms with Gasteiger partial charge < -0.3 is 15.3 Å². The van der Waals surface area contributed by atoms with Crippen LogP contribution in [0.1, 0.15) is 12.8 Å². The van der Waals surface area contributed by atoms with Crippen LogP contribution in [0.4, 0.5) is 15.8 Å². The molecule has 2 rings (SSSR count). The van der Waals surface area contributed by atoms with Crippen LogP contribution in [0.15, 0.2) is 16.6 Å². The summed E-state index contributed by atoms with van der Waals surface area (Å²) >= 11 is 2.97. The molecule has 0 radical (unpaired) electrons. The highest BCUT2D eigenvalue weighted by molar-refractivity contribution is 9.10. The summed E-state index contributed by atoms with van der Waals surface area (Å²) in [6.07, 6.45) is 2.02. The summed E-state index contributed by atoms with van der Waals surface area (Å²) in [6, 6.07) is 2.51. The monoisotopic (exact) mass is 361 g/mol. The maximum absolute atomic E-state index is 13.8. The van der Waals surface area contributed by atoms with E-state index in [1.165, 1.54) is 0 Å². The number of nitrogens with one attached hydrogen (secondary N) is 1. The van der Waals surface area contributed by atoms with Crippen molar-refractivity contribution in [3.05, 3.63) is 32.5 Å². The van der Waals surface area contributed by atoms with Crippen LogP contribution in [0.5, 0.6) is 0 Å². The van der Waals surface area contributed by atoms with Gasteiger partial charge in [0.25, 0.3) is 5.69 Å². The largest absolute Gasteiger partial charge is 0.395 e.